The third-order valence-corrected chi connectivity index (χ3v) is 5.48. The minimum atomic E-state index is -0.375. The molecule has 2 unspecified atom stereocenters. The maximum absolute atomic E-state index is 13.2. The molecule has 4 rings (SSSR count). The highest BCUT2D eigenvalue weighted by Gasteiger charge is 2.37. The van der Waals surface area contributed by atoms with Gasteiger partial charge in [0.1, 0.15) is 17.3 Å². The van der Waals surface area contributed by atoms with E-state index >= 15 is 0 Å². The summed E-state index contributed by atoms with van der Waals surface area (Å²) < 4.78 is 19.2. The van der Waals surface area contributed by atoms with E-state index in [0.717, 1.165) is 30.8 Å². The van der Waals surface area contributed by atoms with Gasteiger partial charge in [0.2, 0.25) is 11.8 Å². The van der Waals surface area contributed by atoms with Crippen LogP contribution in [0.1, 0.15) is 49.2 Å². The fraction of sp³-hybridized carbons (Fsp3) is 0.455. The maximum Gasteiger partial charge on any atom is 0.242 e. The summed E-state index contributed by atoms with van der Waals surface area (Å²) >= 11 is 0. The maximum atomic E-state index is 13.2. The Morgan fingerprint density at radius 3 is 2.71 bits per heavy atom. The topological polar surface area (TPSA) is 62.6 Å². The molecule has 1 heterocycles. The number of carbonyl (C=O) groups excluding carboxylic acids is 2. The molecular formula is C22H25FN2O3. The van der Waals surface area contributed by atoms with Crippen LogP contribution in [0.4, 0.5) is 4.39 Å². The zero-order chi connectivity index (χ0) is 19.7. The van der Waals surface area contributed by atoms with Crippen LogP contribution in [0, 0.1) is 11.7 Å². The van der Waals surface area contributed by atoms with Gasteiger partial charge in [-0.3, -0.25) is 9.59 Å². The van der Waals surface area contributed by atoms with Gasteiger partial charge in [-0.15, -0.1) is 0 Å². The van der Waals surface area contributed by atoms with Crippen LogP contribution < -0.4 is 5.32 Å². The molecule has 1 aromatic carbocycles. The van der Waals surface area contributed by atoms with Gasteiger partial charge < -0.3 is 14.6 Å². The Labute approximate surface area is 163 Å². The van der Waals surface area contributed by atoms with E-state index in [1.165, 1.54) is 12.1 Å². The summed E-state index contributed by atoms with van der Waals surface area (Å²) in [6.07, 6.45) is 3.18. The zero-order valence-corrected chi connectivity index (χ0v) is 16.0. The van der Waals surface area contributed by atoms with Gasteiger partial charge in [-0.25, -0.2) is 4.39 Å². The van der Waals surface area contributed by atoms with Crippen LogP contribution in [-0.4, -0.2) is 29.3 Å². The first-order valence-electron chi connectivity index (χ1n) is 9.89. The Hall–Kier alpha value is -2.63. The fourth-order valence-corrected chi connectivity index (χ4v) is 3.54. The highest BCUT2D eigenvalue weighted by Crippen LogP contribution is 2.47. The first-order chi connectivity index (χ1) is 13.5. The normalized spacial score (nSPS) is 20.6. The van der Waals surface area contributed by atoms with Crippen LogP contribution in [0.3, 0.4) is 0 Å². The van der Waals surface area contributed by atoms with E-state index in [9.17, 15) is 14.0 Å². The first kappa shape index (κ1) is 18.7. The lowest BCUT2D eigenvalue weighted by atomic mass is 10.1. The second-order valence-corrected chi connectivity index (χ2v) is 7.96. The number of hydrogen-bond donors (Lipinski definition) is 1. The largest absolute Gasteiger partial charge is 0.464 e. The van der Waals surface area contributed by atoms with Gasteiger partial charge in [-0.2, -0.15) is 0 Å². The van der Waals surface area contributed by atoms with Crippen LogP contribution >= 0.6 is 0 Å². The van der Waals surface area contributed by atoms with Gasteiger partial charge in [-0.1, -0.05) is 19.1 Å². The predicted molar refractivity (Wildman–Crippen MR) is 102 cm³/mol. The molecular weight excluding hydrogens is 359 g/mol. The van der Waals surface area contributed by atoms with Gasteiger partial charge in [-0.05, 0) is 55.0 Å². The van der Waals surface area contributed by atoms with E-state index in [4.69, 9.17) is 4.42 Å². The van der Waals surface area contributed by atoms with Crippen molar-refractivity contribution < 1.29 is 18.4 Å². The molecule has 5 nitrogen and oxygen atoms in total. The number of rotatable bonds is 8. The van der Waals surface area contributed by atoms with Crippen molar-refractivity contribution in [2.45, 2.75) is 51.1 Å². The molecule has 28 heavy (non-hydrogen) atoms. The third-order valence-electron chi connectivity index (χ3n) is 5.48. The van der Waals surface area contributed by atoms with E-state index in [1.807, 2.05) is 12.1 Å². The molecule has 0 spiro atoms. The molecule has 1 aromatic heterocycles. The summed E-state index contributed by atoms with van der Waals surface area (Å²) in [5, 5.41) is 2.66. The molecule has 2 atom stereocenters. The summed E-state index contributed by atoms with van der Waals surface area (Å²) in [6.45, 7) is 2.58. The van der Waals surface area contributed by atoms with Crippen LogP contribution in [-0.2, 0) is 22.6 Å². The molecule has 2 aliphatic carbocycles. The van der Waals surface area contributed by atoms with E-state index < -0.39 is 0 Å². The van der Waals surface area contributed by atoms with Crippen molar-refractivity contribution in [3.05, 3.63) is 59.3 Å². The van der Waals surface area contributed by atoms with E-state index in [0.29, 0.717) is 23.9 Å². The smallest absolute Gasteiger partial charge is 0.242 e. The van der Waals surface area contributed by atoms with Gasteiger partial charge in [0.15, 0.2) is 0 Å². The Morgan fingerprint density at radius 1 is 1.25 bits per heavy atom. The molecule has 1 N–H and O–H groups in total. The number of carbonyl (C=O) groups is 2. The quantitative estimate of drug-likeness (QED) is 0.759. The molecule has 0 radical (unpaired) electrons. The molecule has 6 heteroatoms. The summed E-state index contributed by atoms with van der Waals surface area (Å²) in [6, 6.07) is 10.1. The molecule has 2 amide bonds. The van der Waals surface area contributed by atoms with E-state index in [1.54, 1.807) is 17.0 Å². The molecule has 2 saturated carbocycles. The van der Waals surface area contributed by atoms with Crippen molar-refractivity contribution in [2.75, 3.05) is 6.54 Å². The number of nitrogens with zero attached hydrogens (tertiary/aromatic N) is 1. The number of furan rings is 1. The third kappa shape index (κ3) is 4.61. The van der Waals surface area contributed by atoms with Gasteiger partial charge in [0.25, 0.3) is 0 Å². The second-order valence-electron chi connectivity index (χ2n) is 7.96. The molecule has 148 valence electrons. The zero-order valence-electron chi connectivity index (χ0n) is 16.0. The molecule has 2 aliphatic rings. The van der Waals surface area contributed by atoms with E-state index in [-0.39, 0.29) is 36.6 Å². The first-order valence-corrected chi connectivity index (χ1v) is 9.89. The number of amides is 2. The molecule has 2 fully saturated rings. The molecule has 0 bridgehead atoms. The molecule has 0 saturated heterocycles. The van der Waals surface area contributed by atoms with Crippen LogP contribution in [0.5, 0.6) is 0 Å². The lowest BCUT2D eigenvalue weighted by molar-refractivity contribution is -0.134. The lowest BCUT2D eigenvalue weighted by Crippen LogP contribution is -2.41. The van der Waals surface area contributed by atoms with Crippen LogP contribution in [0.2, 0.25) is 0 Å². The highest BCUT2D eigenvalue weighted by atomic mass is 19.1. The lowest BCUT2D eigenvalue weighted by Gasteiger charge is -2.21. The Bertz CT molecular complexity index is 874. The Balaban J connectivity index is 1.30. The monoisotopic (exact) mass is 384 g/mol. The average molecular weight is 384 g/mol. The second kappa shape index (κ2) is 7.78. The van der Waals surface area contributed by atoms with Gasteiger partial charge in [0, 0.05) is 12.0 Å². The highest BCUT2D eigenvalue weighted by molar-refractivity contribution is 5.86. The standard InChI is InChI=1S/C22H25FN2O3/c1-14-9-19(14)20-8-7-18(28-20)13-25(17-5-6-17)22(27)12-24-21(26)11-15-3-2-4-16(23)10-15/h2-4,7-8,10,14,17,19H,5-6,9,11-13H2,1H3,(H,24,26). The Kier molecular flexibility index (Phi) is 5.20. The van der Waals surface area contributed by atoms with Crippen molar-refractivity contribution in [3.63, 3.8) is 0 Å². The molecule has 2 aromatic rings. The van der Waals surface area contributed by atoms with Crippen molar-refractivity contribution in [3.8, 4) is 0 Å². The molecule has 0 aliphatic heterocycles. The summed E-state index contributed by atoms with van der Waals surface area (Å²) in [5.74, 6) is 2.20. The summed E-state index contributed by atoms with van der Waals surface area (Å²) in [7, 11) is 0. The predicted octanol–water partition coefficient (Wildman–Crippen LogP) is 3.39. The van der Waals surface area contributed by atoms with Gasteiger partial charge >= 0.3 is 0 Å². The average Bonchev–Trinajstić information content (AvgIpc) is 3.58. The minimum Gasteiger partial charge on any atom is -0.464 e. The van der Waals surface area contributed by atoms with Gasteiger partial charge in [0.05, 0.1) is 19.5 Å². The number of halogens is 1. The SMILES string of the molecule is CC1CC1c1ccc(CN(C(=O)CNC(=O)Cc2cccc(F)c2)C2CC2)o1. The van der Waals surface area contributed by atoms with Crippen LogP contribution in [0.25, 0.3) is 0 Å². The van der Waals surface area contributed by atoms with Crippen LogP contribution in [0.15, 0.2) is 40.8 Å². The Morgan fingerprint density at radius 2 is 2.04 bits per heavy atom. The number of hydrogen-bond acceptors (Lipinski definition) is 3. The summed E-state index contributed by atoms with van der Waals surface area (Å²) in [5.41, 5.74) is 0.585. The fourth-order valence-electron chi connectivity index (χ4n) is 3.54. The number of benzene rings is 1. The summed E-state index contributed by atoms with van der Waals surface area (Å²) in [4.78, 5) is 26.5. The van der Waals surface area contributed by atoms with Crippen molar-refractivity contribution in [2.24, 2.45) is 5.92 Å². The van der Waals surface area contributed by atoms with Crippen molar-refractivity contribution >= 4 is 11.8 Å². The van der Waals surface area contributed by atoms with Crippen molar-refractivity contribution in [1.29, 1.82) is 0 Å². The number of nitrogens with one attached hydrogen (secondary N) is 1. The van der Waals surface area contributed by atoms with E-state index in [2.05, 4.69) is 12.2 Å². The minimum absolute atomic E-state index is 0.0512. The van der Waals surface area contributed by atoms with Crippen molar-refractivity contribution in [1.82, 2.24) is 10.2 Å².